The molecule has 1 aromatic rings. The topological polar surface area (TPSA) is 40.7 Å². The van der Waals surface area contributed by atoms with Crippen molar-refractivity contribution in [2.45, 2.75) is 39.7 Å². The number of hydrogen-bond donors (Lipinski definition) is 2. The molecule has 1 aromatic heterocycles. The van der Waals surface area contributed by atoms with Gasteiger partial charge in [0.15, 0.2) is 0 Å². The van der Waals surface area contributed by atoms with E-state index < -0.39 is 0 Å². The fourth-order valence-electron chi connectivity index (χ4n) is 3.50. The number of anilines is 1. The number of rotatable bonds is 3. The first kappa shape index (κ1) is 10.9. The van der Waals surface area contributed by atoms with E-state index >= 15 is 0 Å². The molecule has 17 heavy (non-hydrogen) atoms. The molecule has 1 fully saturated rings. The van der Waals surface area contributed by atoms with Crippen molar-refractivity contribution in [2.24, 2.45) is 17.8 Å². The largest absolute Gasteiger partial charge is 0.379 e. The van der Waals surface area contributed by atoms with Crippen LogP contribution in [0.2, 0.25) is 0 Å². The Morgan fingerprint density at radius 2 is 2.18 bits per heavy atom. The fraction of sp³-hybridized carbons (Fsp3) is 0.643. The van der Waals surface area contributed by atoms with Crippen molar-refractivity contribution in [1.82, 2.24) is 10.2 Å². The van der Waals surface area contributed by atoms with Crippen molar-refractivity contribution in [3.63, 3.8) is 0 Å². The third-order valence-corrected chi connectivity index (χ3v) is 4.47. The highest BCUT2D eigenvalue weighted by Crippen LogP contribution is 2.45. The number of H-pyrrole nitrogens is 1. The van der Waals surface area contributed by atoms with Crippen molar-refractivity contribution in [3.05, 3.63) is 23.5 Å². The number of hydrogen-bond acceptors (Lipinski definition) is 2. The Balaban J connectivity index is 1.72. The molecule has 92 valence electrons. The number of aromatic nitrogens is 2. The number of fused-ring (bicyclic) bond motifs is 2. The first-order valence-electron chi connectivity index (χ1n) is 6.61. The summed E-state index contributed by atoms with van der Waals surface area (Å²) in [6, 6.07) is 0.532. The lowest BCUT2D eigenvalue weighted by Crippen LogP contribution is -2.29. The van der Waals surface area contributed by atoms with Crippen LogP contribution in [0, 0.1) is 31.6 Å². The van der Waals surface area contributed by atoms with Gasteiger partial charge in [-0.2, -0.15) is 5.10 Å². The molecule has 4 atom stereocenters. The van der Waals surface area contributed by atoms with Crippen LogP contribution >= 0.6 is 0 Å². The van der Waals surface area contributed by atoms with E-state index in [2.05, 4.69) is 48.4 Å². The van der Waals surface area contributed by atoms with Crippen LogP contribution in [0.15, 0.2) is 12.2 Å². The molecule has 3 rings (SSSR count). The van der Waals surface area contributed by atoms with Crippen LogP contribution in [-0.4, -0.2) is 16.2 Å². The van der Waals surface area contributed by atoms with Crippen LogP contribution in [0.4, 0.5) is 5.69 Å². The summed E-state index contributed by atoms with van der Waals surface area (Å²) in [5.41, 5.74) is 3.42. The highest BCUT2D eigenvalue weighted by Gasteiger charge is 2.38. The van der Waals surface area contributed by atoms with Crippen molar-refractivity contribution in [2.75, 3.05) is 5.32 Å². The van der Waals surface area contributed by atoms with E-state index in [9.17, 15) is 0 Å². The molecular weight excluding hydrogens is 210 g/mol. The first-order valence-corrected chi connectivity index (χ1v) is 6.61. The molecular formula is C14H21N3. The summed E-state index contributed by atoms with van der Waals surface area (Å²) < 4.78 is 0. The summed E-state index contributed by atoms with van der Waals surface area (Å²) in [5, 5.41) is 10.9. The molecule has 3 heteroatoms. The highest BCUT2D eigenvalue weighted by atomic mass is 15.2. The minimum atomic E-state index is 0.532. The van der Waals surface area contributed by atoms with Gasteiger partial charge in [-0.15, -0.1) is 0 Å². The summed E-state index contributed by atoms with van der Waals surface area (Å²) >= 11 is 0. The standard InChI is InChI=1S/C14H21N3/c1-8(13-7-11-4-5-12(13)6-11)15-14-9(2)16-17-10(14)3/h4-5,8,11-13,15H,6-7H2,1-3H3,(H,16,17). The Kier molecular flexibility index (Phi) is 2.49. The van der Waals surface area contributed by atoms with E-state index in [0.29, 0.717) is 6.04 Å². The zero-order valence-corrected chi connectivity index (χ0v) is 10.8. The van der Waals surface area contributed by atoms with Gasteiger partial charge < -0.3 is 5.32 Å². The summed E-state index contributed by atoms with van der Waals surface area (Å²) in [4.78, 5) is 0. The summed E-state index contributed by atoms with van der Waals surface area (Å²) in [6.07, 6.45) is 7.56. The zero-order valence-electron chi connectivity index (χ0n) is 10.8. The van der Waals surface area contributed by atoms with E-state index in [4.69, 9.17) is 0 Å². The van der Waals surface area contributed by atoms with Gasteiger partial charge in [-0.1, -0.05) is 12.2 Å². The predicted octanol–water partition coefficient (Wildman–Crippen LogP) is 3.04. The summed E-state index contributed by atoms with van der Waals surface area (Å²) in [6.45, 7) is 6.44. The molecule has 0 aromatic carbocycles. The van der Waals surface area contributed by atoms with Crippen LogP contribution in [0.1, 0.15) is 31.2 Å². The molecule has 2 bridgehead atoms. The molecule has 2 aliphatic carbocycles. The van der Waals surface area contributed by atoms with Gasteiger partial charge in [-0.25, -0.2) is 0 Å². The quantitative estimate of drug-likeness (QED) is 0.785. The monoisotopic (exact) mass is 231 g/mol. The van der Waals surface area contributed by atoms with E-state index in [0.717, 1.165) is 29.1 Å². The maximum atomic E-state index is 4.24. The van der Waals surface area contributed by atoms with Gasteiger partial charge in [-0.05, 0) is 51.4 Å². The molecule has 0 radical (unpaired) electrons. The van der Waals surface area contributed by atoms with E-state index in [1.807, 2.05) is 0 Å². The van der Waals surface area contributed by atoms with Gasteiger partial charge >= 0.3 is 0 Å². The average Bonchev–Trinajstić information content (AvgIpc) is 2.99. The van der Waals surface area contributed by atoms with Crippen molar-refractivity contribution >= 4 is 5.69 Å². The van der Waals surface area contributed by atoms with E-state index in [1.54, 1.807) is 0 Å². The molecule has 1 heterocycles. The third kappa shape index (κ3) is 1.78. The molecule has 0 saturated heterocycles. The Morgan fingerprint density at radius 3 is 2.71 bits per heavy atom. The maximum absolute atomic E-state index is 4.24. The molecule has 2 aliphatic rings. The lowest BCUT2D eigenvalue weighted by atomic mass is 9.87. The minimum absolute atomic E-state index is 0.532. The lowest BCUT2D eigenvalue weighted by Gasteiger charge is -2.27. The van der Waals surface area contributed by atoms with Gasteiger partial charge in [0.1, 0.15) is 0 Å². The molecule has 2 N–H and O–H groups in total. The zero-order chi connectivity index (χ0) is 12.0. The second-order valence-corrected chi connectivity index (χ2v) is 5.69. The predicted molar refractivity (Wildman–Crippen MR) is 70.0 cm³/mol. The number of aryl methyl sites for hydroxylation is 2. The number of allylic oxidation sites excluding steroid dienone is 2. The van der Waals surface area contributed by atoms with Crippen LogP contribution in [0.25, 0.3) is 0 Å². The van der Waals surface area contributed by atoms with Crippen LogP contribution < -0.4 is 5.32 Å². The Morgan fingerprint density at radius 1 is 1.35 bits per heavy atom. The number of nitrogens with zero attached hydrogens (tertiary/aromatic N) is 1. The second-order valence-electron chi connectivity index (χ2n) is 5.69. The molecule has 1 saturated carbocycles. The van der Waals surface area contributed by atoms with Gasteiger partial charge in [0.25, 0.3) is 0 Å². The van der Waals surface area contributed by atoms with Crippen LogP contribution in [-0.2, 0) is 0 Å². The normalized spacial score (nSPS) is 32.1. The van der Waals surface area contributed by atoms with E-state index in [1.165, 1.54) is 18.5 Å². The fourth-order valence-corrected chi connectivity index (χ4v) is 3.50. The van der Waals surface area contributed by atoms with Crippen molar-refractivity contribution < 1.29 is 0 Å². The SMILES string of the molecule is Cc1n[nH]c(C)c1NC(C)C1CC2C=CC1C2. The molecule has 0 aliphatic heterocycles. The molecule has 3 nitrogen and oxygen atoms in total. The van der Waals surface area contributed by atoms with Crippen LogP contribution in [0.5, 0.6) is 0 Å². The van der Waals surface area contributed by atoms with Gasteiger partial charge in [-0.3, -0.25) is 5.10 Å². The number of aromatic amines is 1. The van der Waals surface area contributed by atoms with Gasteiger partial charge in [0.05, 0.1) is 17.1 Å². The minimum Gasteiger partial charge on any atom is -0.379 e. The average molecular weight is 231 g/mol. The maximum Gasteiger partial charge on any atom is 0.0825 e. The van der Waals surface area contributed by atoms with Gasteiger partial charge in [0.2, 0.25) is 0 Å². The summed E-state index contributed by atoms with van der Waals surface area (Å²) in [5.74, 6) is 2.44. The Labute approximate surface area is 103 Å². The molecule has 4 unspecified atom stereocenters. The highest BCUT2D eigenvalue weighted by molar-refractivity contribution is 5.52. The van der Waals surface area contributed by atoms with Crippen LogP contribution in [0.3, 0.4) is 0 Å². The van der Waals surface area contributed by atoms with Crippen molar-refractivity contribution in [3.8, 4) is 0 Å². The molecule has 0 spiro atoms. The van der Waals surface area contributed by atoms with E-state index in [-0.39, 0.29) is 0 Å². The van der Waals surface area contributed by atoms with Crippen molar-refractivity contribution in [1.29, 1.82) is 0 Å². The Hall–Kier alpha value is -1.25. The van der Waals surface area contributed by atoms with Gasteiger partial charge in [0, 0.05) is 6.04 Å². The lowest BCUT2D eigenvalue weighted by molar-refractivity contribution is 0.399. The second kappa shape index (κ2) is 3.90. The smallest absolute Gasteiger partial charge is 0.0825 e. The Bertz CT molecular complexity index is 427. The first-order chi connectivity index (χ1) is 8.15. The molecule has 0 amide bonds. The summed E-state index contributed by atoms with van der Waals surface area (Å²) in [7, 11) is 0. The third-order valence-electron chi connectivity index (χ3n) is 4.47. The number of nitrogens with one attached hydrogen (secondary N) is 2.